The molecule has 156 valence electrons. The summed E-state index contributed by atoms with van der Waals surface area (Å²) in [6.07, 6.45) is 0. The summed E-state index contributed by atoms with van der Waals surface area (Å²) in [7, 11) is -2.30. The third kappa shape index (κ3) is 4.14. The van der Waals surface area contributed by atoms with Crippen molar-refractivity contribution in [2.45, 2.75) is 25.9 Å². The first kappa shape index (κ1) is 20.9. The number of nitrogens with zero attached hydrogens (tertiary/aromatic N) is 2. The van der Waals surface area contributed by atoms with E-state index in [0.717, 1.165) is 12.1 Å². The zero-order valence-corrected chi connectivity index (χ0v) is 19.4. The van der Waals surface area contributed by atoms with Crippen LogP contribution in [0.5, 0.6) is 0 Å². The molecule has 0 fully saturated rings. The van der Waals surface area contributed by atoms with Gasteiger partial charge in [0.2, 0.25) is 0 Å². The van der Waals surface area contributed by atoms with Crippen molar-refractivity contribution in [3.8, 4) is 0 Å². The summed E-state index contributed by atoms with van der Waals surface area (Å²) in [4.78, 5) is 0. The highest BCUT2D eigenvalue weighted by molar-refractivity contribution is 6.88. The molecule has 0 saturated heterocycles. The Kier molecular flexibility index (Phi) is 6.53. The summed E-state index contributed by atoms with van der Waals surface area (Å²) in [5, 5.41) is 0. The molecule has 0 spiro atoms. The van der Waals surface area contributed by atoms with Gasteiger partial charge in [-0.25, -0.2) is 0 Å². The fourth-order valence-electron chi connectivity index (χ4n) is 4.55. The molecule has 0 N–H and O–H groups in total. The van der Waals surface area contributed by atoms with Gasteiger partial charge in [-0.15, -0.1) is 0 Å². The number of hydrogen-bond donors (Lipinski definition) is 0. The van der Waals surface area contributed by atoms with Crippen molar-refractivity contribution in [3.05, 3.63) is 121 Å². The van der Waals surface area contributed by atoms with Gasteiger partial charge in [0.1, 0.15) is 0 Å². The molecule has 3 heteroatoms. The monoisotopic (exact) mass is 422 g/mol. The topological polar surface area (TPSA) is 6.48 Å². The molecule has 0 amide bonds. The van der Waals surface area contributed by atoms with E-state index in [1.54, 1.807) is 0 Å². The molecule has 0 aliphatic carbocycles. The molecule has 0 heterocycles. The highest BCUT2D eigenvalue weighted by Crippen LogP contribution is 2.42. The van der Waals surface area contributed by atoms with Gasteiger partial charge in [-0.05, 0) is 60.6 Å². The first-order chi connectivity index (χ1) is 15.3. The largest absolute Gasteiger partial charge is 0.350 e. The van der Waals surface area contributed by atoms with E-state index in [1.807, 2.05) is 0 Å². The first-order valence-corrected chi connectivity index (χ1v) is 13.4. The number of benzene rings is 4. The summed E-state index contributed by atoms with van der Waals surface area (Å²) in [6, 6.07) is 45.7. The molecule has 2 nitrogen and oxygen atoms in total. The Hall–Kier alpha value is -3.30. The van der Waals surface area contributed by atoms with Crippen molar-refractivity contribution in [2.75, 3.05) is 9.13 Å². The van der Waals surface area contributed by atoms with Gasteiger partial charge in [-0.1, -0.05) is 86.6 Å². The molecular formula is C28H30N2Si. The summed E-state index contributed by atoms with van der Waals surface area (Å²) in [6.45, 7) is 4.71. The number of anilines is 4. The van der Waals surface area contributed by atoms with Crippen LogP contribution in [0.1, 0.15) is 13.8 Å². The van der Waals surface area contributed by atoms with Gasteiger partial charge in [0.15, 0.2) is 0 Å². The fraction of sp³-hybridized carbons (Fsp3) is 0.143. The third-order valence-corrected chi connectivity index (χ3v) is 11.0. The van der Waals surface area contributed by atoms with E-state index in [1.165, 1.54) is 22.7 Å². The Morgan fingerprint density at radius 2 is 0.645 bits per heavy atom. The van der Waals surface area contributed by atoms with Crippen molar-refractivity contribution in [3.63, 3.8) is 0 Å². The number of para-hydroxylation sites is 4. The zero-order chi connectivity index (χ0) is 21.5. The fourth-order valence-corrected chi connectivity index (χ4v) is 9.03. The predicted molar refractivity (Wildman–Crippen MR) is 137 cm³/mol. The van der Waals surface area contributed by atoms with Crippen LogP contribution in [-0.2, 0) is 0 Å². The summed E-state index contributed by atoms with van der Waals surface area (Å²) in [5.41, 5.74) is 5.00. The van der Waals surface area contributed by atoms with Crippen LogP contribution < -0.4 is 9.13 Å². The van der Waals surface area contributed by atoms with Crippen molar-refractivity contribution in [1.82, 2.24) is 0 Å². The summed E-state index contributed by atoms with van der Waals surface area (Å²) < 4.78 is 5.29. The molecule has 0 atom stereocenters. The van der Waals surface area contributed by atoms with Crippen molar-refractivity contribution >= 4 is 31.1 Å². The maximum absolute atomic E-state index is 2.65. The normalized spacial score (nSPS) is 11.2. The lowest BCUT2D eigenvalue weighted by molar-refractivity contribution is 1.10. The highest BCUT2D eigenvalue weighted by atomic mass is 28.3. The number of hydrogen-bond acceptors (Lipinski definition) is 2. The Bertz CT molecular complexity index is 885. The minimum absolute atomic E-state index is 1.08. The molecule has 31 heavy (non-hydrogen) atoms. The van der Waals surface area contributed by atoms with Crippen LogP contribution in [0.4, 0.5) is 22.7 Å². The SMILES string of the molecule is CC[Si](CC)(N(c1ccccc1)c1ccccc1)N(c1ccccc1)c1ccccc1. The van der Waals surface area contributed by atoms with Crippen molar-refractivity contribution in [2.24, 2.45) is 0 Å². The summed E-state index contributed by atoms with van der Waals surface area (Å²) in [5.74, 6) is 0. The highest BCUT2D eigenvalue weighted by Gasteiger charge is 2.45. The van der Waals surface area contributed by atoms with Crippen LogP contribution in [0.25, 0.3) is 0 Å². The van der Waals surface area contributed by atoms with Crippen LogP contribution in [0.2, 0.25) is 12.1 Å². The van der Waals surface area contributed by atoms with E-state index in [-0.39, 0.29) is 0 Å². The molecule has 4 aromatic carbocycles. The molecule has 0 aliphatic rings. The second-order valence-corrected chi connectivity index (χ2v) is 12.0. The molecular weight excluding hydrogens is 392 g/mol. The standard InChI is InChI=1S/C28H30N2Si/c1-3-31(4-2,29(25-17-9-5-10-18-25)26-19-11-6-12-20-26)30(27-21-13-7-14-22-27)28-23-15-8-16-24-28/h5-24H,3-4H2,1-2H3. The van der Waals surface area contributed by atoms with E-state index in [4.69, 9.17) is 0 Å². The molecule has 0 saturated carbocycles. The Morgan fingerprint density at radius 1 is 0.419 bits per heavy atom. The number of rotatable bonds is 8. The molecule has 0 aromatic heterocycles. The zero-order valence-electron chi connectivity index (χ0n) is 18.4. The van der Waals surface area contributed by atoms with Crippen molar-refractivity contribution < 1.29 is 0 Å². The lowest BCUT2D eigenvalue weighted by atomic mass is 10.2. The van der Waals surface area contributed by atoms with Crippen LogP contribution in [0.15, 0.2) is 121 Å². The second kappa shape index (κ2) is 9.67. The molecule has 0 aliphatic heterocycles. The smallest absolute Gasteiger partial charge is 0.272 e. The van der Waals surface area contributed by atoms with Gasteiger partial charge in [-0.3, -0.25) is 0 Å². The quantitative estimate of drug-likeness (QED) is 0.264. The van der Waals surface area contributed by atoms with Crippen LogP contribution in [-0.4, -0.2) is 8.40 Å². The van der Waals surface area contributed by atoms with Crippen LogP contribution in [0.3, 0.4) is 0 Å². The molecule has 0 unspecified atom stereocenters. The van der Waals surface area contributed by atoms with Gasteiger partial charge >= 0.3 is 0 Å². The first-order valence-electron chi connectivity index (χ1n) is 11.1. The van der Waals surface area contributed by atoms with Crippen molar-refractivity contribution in [1.29, 1.82) is 0 Å². The minimum atomic E-state index is -2.30. The lowest BCUT2D eigenvalue weighted by Gasteiger charge is -2.50. The predicted octanol–water partition coefficient (Wildman–Crippen LogP) is 8.15. The van der Waals surface area contributed by atoms with Crippen LogP contribution in [0, 0.1) is 0 Å². The average Bonchev–Trinajstić information content (AvgIpc) is 2.86. The summed E-state index contributed by atoms with van der Waals surface area (Å²) >= 11 is 0. The Labute approximate surface area is 187 Å². The average molecular weight is 423 g/mol. The van der Waals surface area contributed by atoms with E-state index in [0.29, 0.717) is 0 Å². The van der Waals surface area contributed by atoms with E-state index < -0.39 is 8.40 Å². The lowest BCUT2D eigenvalue weighted by Crippen LogP contribution is -2.62. The second-order valence-electron chi connectivity index (χ2n) is 7.70. The van der Waals surface area contributed by atoms with Gasteiger partial charge in [-0.2, -0.15) is 0 Å². The maximum Gasteiger partial charge on any atom is 0.272 e. The van der Waals surface area contributed by atoms with Crippen LogP contribution >= 0.6 is 0 Å². The van der Waals surface area contributed by atoms with Gasteiger partial charge in [0, 0.05) is 22.7 Å². The minimum Gasteiger partial charge on any atom is -0.350 e. The Balaban J connectivity index is 2.00. The molecule has 4 rings (SSSR count). The van der Waals surface area contributed by atoms with E-state index in [2.05, 4.69) is 144 Å². The maximum atomic E-state index is 2.65. The van der Waals surface area contributed by atoms with Gasteiger partial charge in [0.05, 0.1) is 0 Å². The molecule has 0 radical (unpaired) electrons. The molecule has 4 aromatic rings. The van der Waals surface area contributed by atoms with E-state index in [9.17, 15) is 0 Å². The van der Waals surface area contributed by atoms with Gasteiger partial charge in [0.25, 0.3) is 8.40 Å². The molecule has 0 bridgehead atoms. The van der Waals surface area contributed by atoms with Gasteiger partial charge < -0.3 is 9.13 Å². The van der Waals surface area contributed by atoms with E-state index >= 15 is 0 Å². The Morgan fingerprint density at radius 3 is 0.839 bits per heavy atom. The third-order valence-electron chi connectivity index (χ3n) is 6.02.